The Morgan fingerprint density at radius 2 is 2.44 bits per heavy atom. The highest BCUT2D eigenvalue weighted by Crippen LogP contribution is 2.30. The Morgan fingerprint density at radius 3 is 3.17 bits per heavy atom. The molecule has 2 aliphatic rings. The molecule has 0 spiro atoms. The lowest BCUT2D eigenvalue weighted by Gasteiger charge is -2.29. The maximum atomic E-state index is 6.22. The van der Waals surface area contributed by atoms with Gasteiger partial charge in [-0.15, -0.1) is 0 Å². The summed E-state index contributed by atoms with van der Waals surface area (Å²) in [6, 6.07) is 0.229. The Hall–Kier alpha value is -0.630. The summed E-state index contributed by atoms with van der Waals surface area (Å²) in [5.74, 6) is 3.42. The summed E-state index contributed by atoms with van der Waals surface area (Å²) in [6.45, 7) is 2.17. The molecule has 2 saturated heterocycles. The Balaban J connectivity index is 1.80. The predicted octanol–water partition coefficient (Wildman–Crippen LogP) is 0.364. The van der Waals surface area contributed by atoms with Crippen molar-refractivity contribution in [1.29, 1.82) is 0 Å². The molecular formula is C11H18N4O2S. The molecule has 0 amide bonds. The molecule has 100 valence electrons. The van der Waals surface area contributed by atoms with Gasteiger partial charge in [-0.25, -0.2) is 0 Å². The molecule has 0 radical (unpaired) electrons. The highest BCUT2D eigenvalue weighted by Gasteiger charge is 2.39. The van der Waals surface area contributed by atoms with Gasteiger partial charge < -0.3 is 15.0 Å². The molecule has 0 saturated carbocycles. The molecule has 7 heteroatoms. The van der Waals surface area contributed by atoms with E-state index < -0.39 is 5.54 Å². The topological polar surface area (TPSA) is 77.4 Å². The molecule has 3 rings (SSSR count). The zero-order valence-electron chi connectivity index (χ0n) is 10.5. The van der Waals surface area contributed by atoms with Gasteiger partial charge in [-0.2, -0.15) is 16.7 Å². The van der Waals surface area contributed by atoms with Gasteiger partial charge in [-0.3, -0.25) is 4.90 Å². The smallest absolute Gasteiger partial charge is 0.249 e. The quantitative estimate of drug-likeness (QED) is 0.831. The first-order valence-electron chi connectivity index (χ1n) is 6.18. The van der Waals surface area contributed by atoms with E-state index in [1.807, 2.05) is 11.8 Å². The van der Waals surface area contributed by atoms with E-state index in [2.05, 4.69) is 22.1 Å². The second-order valence-corrected chi connectivity index (χ2v) is 6.14. The number of nitrogens with two attached hydrogens (primary N) is 1. The van der Waals surface area contributed by atoms with E-state index in [9.17, 15) is 0 Å². The average Bonchev–Trinajstić information content (AvgIpc) is 2.99. The lowest BCUT2D eigenvalue weighted by Crippen LogP contribution is -2.38. The number of hydrogen-bond acceptors (Lipinski definition) is 7. The first kappa shape index (κ1) is 12.4. The number of nitrogens with zero attached hydrogens (tertiary/aromatic N) is 3. The first-order valence-corrected chi connectivity index (χ1v) is 7.33. The van der Waals surface area contributed by atoms with Crippen LogP contribution in [-0.4, -0.2) is 53.4 Å². The minimum absolute atomic E-state index is 0.229. The second kappa shape index (κ2) is 4.80. The van der Waals surface area contributed by atoms with Crippen molar-refractivity contribution in [2.75, 3.05) is 38.3 Å². The van der Waals surface area contributed by atoms with Gasteiger partial charge in [0, 0.05) is 24.7 Å². The number of rotatable bonds is 2. The normalized spacial score (nSPS) is 34.0. The van der Waals surface area contributed by atoms with Crippen molar-refractivity contribution in [3.05, 3.63) is 11.7 Å². The minimum atomic E-state index is -0.592. The molecule has 1 aromatic rings. The van der Waals surface area contributed by atoms with Gasteiger partial charge in [-0.1, -0.05) is 5.16 Å². The molecule has 0 bridgehead atoms. The van der Waals surface area contributed by atoms with Crippen LogP contribution in [0.1, 0.15) is 24.2 Å². The molecule has 2 N–H and O–H groups in total. The van der Waals surface area contributed by atoms with Crippen molar-refractivity contribution in [2.24, 2.45) is 5.73 Å². The third kappa shape index (κ3) is 2.16. The van der Waals surface area contributed by atoms with Crippen LogP contribution in [0.2, 0.25) is 0 Å². The van der Waals surface area contributed by atoms with Crippen molar-refractivity contribution in [3.63, 3.8) is 0 Å². The molecule has 2 aliphatic heterocycles. The largest absolute Gasteiger partial charge is 0.379 e. The predicted molar refractivity (Wildman–Crippen MR) is 68.3 cm³/mol. The third-order valence-electron chi connectivity index (χ3n) is 3.61. The highest BCUT2D eigenvalue weighted by molar-refractivity contribution is 7.99. The highest BCUT2D eigenvalue weighted by atomic mass is 32.2. The van der Waals surface area contributed by atoms with Crippen LogP contribution in [0.25, 0.3) is 0 Å². The Kier molecular flexibility index (Phi) is 3.31. The Morgan fingerprint density at radius 1 is 1.56 bits per heavy atom. The van der Waals surface area contributed by atoms with Crippen molar-refractivity contribution in [3.8, 4) is 0 Å². The fourth-order valence-corrected chi connectivity index (χ4v) is 3.49. The second-order valence-electron chi connectivity index (χ2n) is 4.99. The molecule has 0 aliphatic carbocycles. The van der Waals surface area contributed by atoms with Crippen LogP contribution < -0.4 is 5.73 Å². The Bertz CT molecular complexity index is 419. The molecule has 18 heavy (non-hydrogen) atoms. The zero-order chi connectivity index (χ0) is 12.6. The minimum Gasteiger partial charge on any atom is -0.379 e. The summed E-state index contributed by atoms with van der Waals surface area (Å²) in [6.07, 6.45) is 0.740. The van der Waals surface area contributed by atoms with E-state index in [0.29, 0.717) is 19.1 Å². The maximum absolute atomic E-state index is 6.22. The number of aromatic nitrogens is 2. The molecular weight excluding hydrogens is 252 g/mol. The van der Waals surface area contributed by atoms with E-state index in [-0.39, 0.29) is 6.04 Å². The van der Waals surface area contributed by atoms with E-state index in [4.69, 9.17) is 15.0 Å². The molecule has 2 unspecified atom stereocenters. The van der Waals surface area contributed by atoms with Gasteiger partial charge in [0.15, 0.2) is 5.82 Å². The van der Waals surface area contributed by atoms with Crippen LogP contribution in [0, 0.1) is 0 Å². The van der Waals surface area contributed by atoms with Crippen molar-refractivity contribution in [1.82, 2.24) is 15.0 Å². The van der Waals surface area contributed by atoms with Gasteiger partial charge in [0.05, 0.1) is 12.6 Å². The maximum Gasteiger partial charge on any atom is 0.249 e. The summed E-state index contributed by atoms with van der Waals surface area (Å²) in [5.41, 5.74) is 5.63. The van der Waals surface area contributed by atoms with Crippen LogP contribution in [0.5, 0.6) is 0 Å². The lowest BCUT2D eigenvalue weighted by molar-refractivity contribution is 0.165. The molecule has 1 aromatic heterocycles. The van der Waals surface area contributed by atoms with E-state index >= 15 is 0 Å². The fourth-order valence-electron chi connectivity index (χ4n) is 2.28. The van der Waals surface area contributed by atoms with Crippen molar-refractivity contribution in [2.45, 2.75) is 18.0 Å². The molecule has 3 heterocycles. The molecule has 2 atom stereocenters. The van der Waals surface area contributed by atoms with E-state index in [1.165, 1.54) is 0 Å². The summed E-state index contributed by atoms with van der Waals surface area (Å²) < 4.78 is 10.7. The van der Waals surface area contributed by atoms with Crippen LogP contribution >= 0.6 is 11.8 Å². The summed E-state index contributed by atoms with van der Waals surface area (Å²) in [7, 11) is 2.09. The zero-order valence-corrected chi connectivity index (χ0v) is 11.3. The third-order valence-corrected chi connectivity index (χ3v) is 4.64. The van der Waals surface area contributed by atoms with Crippen LogP contribution in [0.15, 0.2) is 4.52 Å². The van der Waals surface area contributed by atoms with E-state index in [0.717, 1.165) is 30.3 Å². The number of ether oxygens (including phenoxy) is 1. The molecule has 0 aromatic carbocycles. The van der Waals surface area contributed by atoms with Crippen LogP contribution in [0.4, 0.5) is 0 Å². The standard InChI is InChI=1S/C11H18N4O2S/c1-15-3-5-18-6-8(15)9-13-10(17-14-9)11(12)2-4-16-7-11/h8H,2-7,12H2,1H3. The Labute approximate surface area is 110 Å². The number of thioether (sulfide) groups is 1. The van der Waals surface area contributed by atoms with Gasteiger partial charge >= 0.3 is 0 Å². The monoisotopic (exact) mass is 270 g/mol. The molecule has 2 fully saturated rings. The fraction of sp³-hybridized carbons (Fsp3) is 0.818. The van der Waals surface area contributed by atoms with Gasteiger partial charge in [0.25, 0.3) is 0 Å². The van der Waals surface area contributed by atoms with Gasteiger partial charge in [0.2, 0.25) is 5.89 Å². The van der Waals surface area contributed by atoms with Gasteiger partial charge in [0.1, 0.15) is 5.54 Å². The summed E-state index contributed by atoms with van der Waals surface area (Å²) in [4.78, 5) is 6.76. The summed E-state index contributed by atoms with van der Waals surface area (Å²) >= 11 is 1.92. The summed E-state index contributed by atoms with van der Waals surface area (Å²) in [5, 5.41) is 4.10. The van der Waals surface area contributed by atoms with Gasteiger partial charge in [-0.05, 0) is 13.5 Å². The van der Waals surface area contributed by atoms with Crippen molar-refractivity contribution < 1.29 is 9.26 Å². The van der Waals surface area contributed by atoms with Crippen LogP contribution in [0.3, 0.4) is 0 Å². The van der Waals surface area contributed by atoms with Crippen LogP contribution in [-0.2, 0) is 10.3 Å². The first-order chi connectivity index (χ1) is 8.69. The number of hydrogen-bond donors (Lipinski definition) is 1. The van der Waals surface area contributed by atoms with E-state index in [1.54, 1.807) is 0 Å². The lowest BCUT2D eigenvalue weighted by atomic mass is 10.0. The van der Waals surface area contributed by atoms with Crippen molar-refractivity contribution >= 4 is 11.8 Å². The molecule has 6 nitrogen and oxygen atoms in total. The average molecular weight is 270 g/mol. The SMILES string of the molecule is CN1CCSCC1c1noc(C2(N)CCOC2)n1.